The number of thioether (sulfide) groups is 1. The number of rotatable bonds is 9. The second kappa shape index (κ2) is 10.7. The minimum absolute atomic E-state index is 0.0867. The van der Waals surface area contributed by atoms with Gasteiger partial charge in [0.25, 0.3) is 11.8 Å². The molecule has 3 rings (SSSR count). The van der Waals surface area contributed by atoms with Crippen LogP contribution in [-0.2, 0) is 5.75 Å². The van der Waals surface area contributed by atoms with Gasteiger partial charge in [0.15, 0.2) is 5.69 Å². The highest BCUT2D eigenvalue weighted by Crippen LogP contribution is 2.26. The highest BCUT2D eigenvalue weighted by atomic mass is 32.2. The first-order chi connectivity index (χ1) is 15.0. The van der Waals surface area contributed by atoms with Gasteiger partial charge in [0, 0.05) is 29.3 Å². The van der Waals surface area contributed by atoms with E-state index in [9.17, 15) is 14.0 Å². The molecular formula is C21H22FN5O3S. The van der Waals surface area contributed by atoms with Crippen LogP contribution in [0.1, 0.15) is 33.5 Å². The first-order valence-electron chi connectivity index (χ1n) is 9.64. The Balaban J connectivity index is 1.90. The van der Waals surface area contributed by atoms with Gasteiger partial charge in [-0.3, -0.25) is 9.59 Å². The number of carbonyl (C=O) groups excluding carboxylic acids is 2. The summed E-state index contributed by atoms with van der Waals surface area (Å²) in [5, 5.41) is 22.4. The molecule has 3 aromatic rings. The molecule has 3 N–H and O–H groups in total. The lowest BCUT2D eigenvalue weighted by molar-refractivity contribution is 0.0936. The third-order valence-electron chi connectivity index (χ3n) is 4.26. The summed E-state index contributed by atoms with van der Waals surface area (Å²) in [4.78, 5) is 25.2. The number of aromatic nitrogens is 3. The molecule has 10 heteroatoms. The number of amides is 2. The Labute approximate surface area is 182 Å². The minimum atomic E-state index is -0.464. The molecule has 0 saturated heterocycles. The van der Waals surface area contributed by atoms with Crippen LogP contribution < -0.4 is 10.6 Å². The van der Waals surface area contributed by atoms with E-state index >= 15 is 0 Å². The van der Waals surface area contributed by atoms with Gasteiger partial charge in [-0.2, -0.15) is 0 Å². The van der Waals surface area contributed by atoms with Crippen molar-refractivity contribution in [2.24, 2.45) is 0 Å². The zero-order chi connectivity index (χ0) is 22.2. The minimum Gasteiger partial charge on any atom is -0.395 e. The van der Waals surface area contributed by atoms with E-state index in [1.165, 1.54) is 28.6 Å². The average molecular weight is 444 g/mol. The standard InChI is InChI=1S/C21H22FN5O3S/c1-2-23-20(29)14-6-8-16(9-7-14)27-18(13-31-17-5-3-4-15(22)12-17)19(25-26-27)21(30)24-10-11-28/h3-9,12,28H,2,10-11,13H2,1H3,(H,23,29)(H,24,30). The Morgan fingerprint density at radius 3 is 2.58 bits per heavy atom. The summed E-state index contributed by atoms with van der Waals surface area (Å²) in [5.41, 5.74) is 1.75. The summed E-state index contributed by atoms with van der Waals surface area (Å²) in [6.45, 7) is 2.25. The number of nitrogens with zero attached hydrogens (tertiary/aromatic N) is 3. The van der Waals surface area contributed by atoms with Crippen molar-refractivity contribution in [3.8, 4) is 5.69 Å². The van der Waals surface area contributed by atoms with Gasteiger partial charge in [-0.1, -0.05) is 11.3 Å². The number of hydrogen-bond donors (Lipinski definition) is 3. The van der Waals surface area contributed by atoms with Crippen molar-refractivity contribution < 1.29 is 19.1 Å². The van der Waals surface area contributed by atoms with Gasteiger partial charge in [-0.25, -0.2) is 9.07 Å². The molecule has 1 heterocycles. The van der Waals surface area contributed by atoms with Crippen LogP contribution in [-0.4, -0.2) is 51.6 Å². The van der Waals surface area contributed by atoms with Crippen LogP contribution in [0, 0.1) is 5.82 Å². The van der Waals surface area contributed by atoms with Crippen LogP contribution in [0.4, 0.5) is 4.39 Å². The summed E-state index contributed by atoms with van der Waals surface area (Å²) >= 11 is 1.34. The molecule has 0 fully saturated rings. The quantitative estimate of drug-likeness (QED) is 0.438. The molecular weight excluding hydrogens is 421 g/mol. The monoisotopic (exact) mass is 443 g/mol. The van der Waals surface area contributed by atoms with E-state index in [2.05, 4.69) is 20.9 Å². The van der Waals surface area contributed by atoms with Gasteiger partial charge in [0.2, 0.25) is 0 Å². The van der Waals surface area contributed by atoms with E-state index in [4.69, 9.17) is 5.11 Å². The number of carbonyl (C=O) groups is 2. The fourth-order valence-corrected chi connectivity index (χ4v) is 3.73. The van der Waals surface area contributed by atoms with Crippen LogP contribution in [0.25, 0.3) is 5.69 Å². The predicted molar refractivity (Wildman–Crippen MR) is 115 cm³/mol. The van der Waals surface area contributed by atoms with E-state index in [0.717, 1.165) is 0 Å². The lowest BCUT2D eigenvalue weighted by Gasteiger charge is -2.09. The van der Waals surface area contributed by atoms with Crippen molar-refractivity contribution in [2.45, 2.75) is 17.6 Å². The van der Waals surface area contributed by atoms with Gasteiger partial charge in [-0.15, -0.1) is 16.9 Å². The molecule has 0 aliphatic carbocycles. The van der Waals surface area contributed by atoms with Crippen LogP contribution in [0.2, 0.25) is 0 Å². The Kier molecular flexibility index (Phi) is 7.74. The van der Waals surface area contributed by atoms with Crippen LogP contribution >= 0.6 is 11.8 Å². The molecule has 0 atom stereocenters. The first-order valence-corrected chi connectivity index (χ1v) is 10.6. The smallest absolute Gasteiger partial charge is 0.273 e. The van der Waals surface area contributed by atoms with E-state index in [1.54, 1.807) is 36.4 Å². The molecule has 0 spiro atoms. The van der Waals surface area contributed by atoms with Gasteiger partial charge in [-0.05, 0) is 49.4 Å². The average Bonchev–Trinajstić information content (AvgIpc) is 3.20. The van der Waals surface area contributed by atoms with Crippen molar-refractivity contribution in [3.63, 3.8) is 0 Å². The highest BCUT2D eigenvalue weighted by molar-refractivity contribution is 7.98. The van der Waals surface area contributed by atoms with Crippen molar-refractivity contribution in [2.75, 3.05) is 19.7 Å². The summed E-state index contributed by atoms with van der Waals surface area (Å²) < 4.78 is 15.0. The van der Waals surface area contributed by atoms with Gasteiger partial charge in [0.05, 0.1) is 18.0 Å². The maximum atomic E-state index is 13.5. The zero-order valence-electron chi connectivity index (χ0n) is 16.8. The molecule has 162 valence electrons. The molecule has 1 aromatic heterocycles. The molecule has 31 heavy (non-hydrogen) atoms. The maximum absolute atomic E-state index is 13.5. The van der Waals surface area contributed by atoms with Gasteiger partial charge in [0.1, 0.15) is 5.82 Å². The van der Waals surface area contributed by atoms with E-state index in [1.807, 2.05) is 6.92 Å². The van der Waals surface area contributed by atoms with Crippen molar-refractivity contribution in [3.05, 3.63) is 71.3 Å². The van der Waals surface area contributed by atoms with Crippen molar-refractivity contribution >= 4 is 23.6 Å². The summed E-state index contributed by atoms with van der Waals surface area (Å²) in [5.74, 6) is -0.692. The Morgan fingerprint density at radius 1 is 1.13 bits per heavy atom. The Morgan fingerprint density at radius 2 is 1.90 bits per heavy atom. The predicted octanol–water partition coefficient (Wildman–Crippen LogP) is 2.17. The SMILES string of the molecule is CCNC(=O)c1ccc(-n2nnc(C(=O)NCCO)c2CSc2cccc(F)c2)cc1. The van der Waals surface area contributed by atoms with Crippen LogP contribution in [0.5, 0.6) is 0 Å². The number of halogens is 1. The molecule has 2 amide bonds. The van der Waals surface area contributed by atoms with Gasteiger partial charge >= 0.3 is 0 Å². The third kappa shape index (κ3) is 5.68. The molecule has 8 nitrogen and oxygen atoms in total. The number of nitrogens with one attached hydrogen (secondary N) is 2. The second-order valence-corrected chi connectivity index (χ2v) is 7.48. The summed E-state index contributed by atoms with van der Waals surface area (Å²) in [6, 6.07) is 12.9. The Bertz CT molecular complexity index is 1060. The maximum Gasteiger partial charge on any atom is 0.273 e. The molecule has 2 aromatic carbocycles. The normalized spacial score (nSPS) is 10.7. The van der Waals surface area contributed by atoms with E-state index < -0.39 is 5.91 Å². The molecule has 0 radical (unpaired) electrons. The van der Waals surface area contributed by atoms with Gasteiger partial charge < -0.3 is 15.7 Å². The number of benzene rings is 2. The molecule has 0 aliphatic heterocycles. The van der Waals surface area contributed by atoms with E-state index in [0.29, 0.717) is 34.1 Å². The molecule has 0 aliphatic rings. The largest absolute Gasteiger partial charge is 0.395 e. The number of aliphatic hydroxyl groups is 1. The molecule has 0 saturated carbocycles. The highest BCUT2D eigenvalue weighted by Gasteiger charge is 2.21. The lowest BCUT2D eigenvalue weighted by atomic mass is 10.2. The van der Waals surface area contributed by atoms with Crippen LogP contribution in [0.15, 0.2) is 53.4 Å². The third-order valence-corrected chi connectivity index (χ3v) is 5.26. The van der Waals surface area contributed by atoms with Crippen molar-refractivity contribution in [1.82, 2.24) is 25.6 Å². The lowest BCUT2D eigenvalue weighted by Crippen LogP contribution is -2.27. The summed E-state index contributed by atoms with van der Waals surface area (Å²) in [6.07, 6.45) is 0. The van der Waals surface area contributed by atoms with Crippen molar-refractivity contribution in [1.29, 1.82) is 0 Å². The topological polar surface area (TPSA) is 109 Å². The Hall–Kier alpha value is -3.24. The summed E-state index contributed by atoms with van der Waals surface area (Å²) in [7, 11) is 0. The molecule has 0 unspecified atom stereocenters. The first kappa shape index (κ1) is 22.4. The fourth-order valence-electron chi connectivity index (χ4n) is 2.79. The van der Waals surface area contributed by atoms with E-state index in [-0.39, 0.29) is 30.6 Å². The zero-order valence-corrected chi connectivity index (χ0v) is 17.7. The second-order valence-electron chi connectivity index (χ2n) is 6.43. The van der Waals surface area contributed by atoms with Crippen LogP contribution in [0.3, 0.4) is 0 Å². The number of hydrogen-bond acceptors (Lipinski definition) is 6. The number of aliphatic hydroxyl groups excluding tert-OH is 1. The molecule has 0 bridgehead atoms. The fraction of sp³-hybridized carbons (Fsp3) is 0.238.